The number of nitrogens with zero attached hydrogens (tertiary/aromatic N) is 5. The summed E-state index contributed by atoms with van der Waals surface area (Å²) in [5.41, 5.74) is 11.0. The van der Waals surface area contributed by atoms with Gasteiger partial charge in [0.15, 0.2) is 0 Å². The van der Waals surface area contributed by atoms with Gasteiger partial charge in [0.2, 0.25) is 0 Å². The van der Waals surface area contributed by atoms with Crippen LogP contribution in [0, 0.1) is 0 Å². The monoisotopic (exact) mass is 932 g/mol. The first-order valence-corrected chi connectivity index (χ1v) is 23.7. The molecule has 0 amide bonds. The molecule has 4 heterocycles. The molecule has 0 saturated carbocycles. The molecule has 0 spiro atoms. The fourth-order valence-corrected chi connectivity index (χ4v) is 10.6. The lowest BCUT2D eigenvalue weighted by Crippen LogP contribution is -2.24. The molecule has 0 radical (unpaired) electrons. The van der Waals surface area contributed by atoms with Gasteiger partial charge in [-0.1, -0.05) is 164 Å². The fourth-order valence-electron chi connectivity index (χ4n) is 10.6. The molecule has 1 aliphatic heterocycles. The smallest absolute Gasteiger partial charge is 0.137 e. The summed E-state index contributed by atoms with van der Waals surface area (Å²) in [6.07, 6.45) is 1.80. The molecular formula is C66H45N5O. The average molecular weight is 933 g/mol. The number of anilines is 4. The van der Waals surface area contributed by atoms with Crippen molar-refractivity contribution in [2.24, 2.45) is 0 Å². The van der Waals surface area contributed by atoms with Gasteiger partial charge in [0, 0.05) is 67.9 Å². The predicted molar refractivity (Wildman–Crippen MR) is 298 cm³/mol. The van der Waals surface area contributed by atoms with E-state index >= 15 is 0 Å². The Labute approximate surface area is 429 Å². The van der Waals surface area contributed by atoms with Crippen LogP contribution in [0.5, 0.6) is 11.5 Å². The summed E-state index contributed by atoms with van der Waals surface area (Å²) < 4.78 is 89.8. The molecule has 0 fully saturated rings. The summed E-state index contributed by atoms with van der Waals surface area (Å²) in [5, 5.41) is 4.45. The van der Waals surface area contributed by atoms with Gasteiger partial charge in [-0.2, -0.15) is 0 Å². The zero-order valence-electron chi connectivity index (χ0n) is 47.5. The van der Waals surface area contributed by atoms with Crippen molar-refractivity contribution in [3.05, 3.63) is 261 Å². The minimum atomic E-state index is -0.526. The normalized spacial score (nSPS) is 14.1. The first-order chi connectivity index (χ1) is 39.4. The predicted octanol–water partition coefficient (Wildman–Crippen LogP) is 17.3. The van der Waals surface area contributed by atoms with Gasteiger partial charge in [-0.3, -0.25) is 4.57 Å². The molecule has 0 unspecified atom stereocenters. The van der Waals surface area contributed by atoms with Crippen LogP contribution in [0.2, 0.25) is 0 Å². The van der Waals surface area contributed by atoms with E-state index in [1.165, 1.54) is 16.8 Å². The first-order valence-electron chi connectivity index (χ1n) is 28.2. The number of rotatable bonds is 9. The van der Waals surface area contributed by atoms with Gasteiger partial charge in [0.25, 0.3) is 0 Å². The summed E-state index contributed by atoms with van der Waals surface area (Å²) >= 11 is 0. The van der Waals surface area contributed by atoms with Crippen LogP contribution in [0.25, 0.3) is 88.5 Å². The van der Waals surface area contributed by atoms with Crippen molar-refractivity contribution >= 4 is 66.4 Å². The van der Waals surface area contributed by atoms with Gasteiger partial charge >= 0.3 is 0 Å². The third-order valence-corrected chi connectivity index (χ3v) is 13.7. The van der Waals surface area contributed by atoms with E-state index in [0.29, 0.717) is 28.3 Å². The lowest BCUT2D eigenvalue weighted by Gasteiger charge is -2.27. The zero-order valence-corrected chi connectivity index (χ0v) is 38.5. The molecule has 6 heteroatoms. The summed E-state index contributed by atoms with van der Waals surface area (Å²) in [6, 6.07) is 62.6. The van der Waals surface area contributed by atoms with Crippen molar-refractivity contribution in [2.45, 2.75) is 0 Å². The standard InChI is InChI=1S/C66H45N5O/c1-4-19-45(20-5-1)52-28-17-29-53(46-21-6-2-7-22-46)65(52)69-44-68(61-33-12-13-34-62(61)69)49-25-16-26-50(42-49)72-51-37-38-56-58-41-47(36-39-60(58)71(63(56)43-51)64-35-14-15-40-67-64)54-30-18-31-57-55-27-10-11-32-59(55)70(66(54)57)48-23-8-3-9-24-48/h1-43H,44H2/i1D,2D,4D,5D,6D,7D,19D,20D,21D. The number of benzene rings is 10. The second-order valence-corrected chi connectivity index (χ2v) is 17.7. The van der Waals surface area contributed by atoms with Gasteiger partial charge in [0.1, 0.15) is 24.0 Å². The van der Waals surface area contributed by atoms with E-state index in [1.807, 2.05) is 89.8 Å². The van der Waals surface area contributed by atoms with E-state index in [1.54, 1.807) is 24.4 Å². The molecule has 6 nitrogen and oxygen atoms in total. The Bertz CT molecular complexity index is 4710. The Hall–Kier alpha value is -9.65. The molecule has 340 valence electrons. The van der Waals surface area contributed by atoms with Crippen LogP contribution in [0.3, 0.4) is 0 Å². The maximum absolute atomic E-state index is 9.09. The van der Waals surface area contributed by atoms with E-state index in [9.17, 15) is 0 Å². The highest BCUT2D eigenvalue weighted by Gasteiger charge is 2.31. The van der Waals surface area contributed by atoms with E-state index in [4.69, 9.17) is 22.1 Å². The Morgan fingerprint density at radius 3 is 1.93 bits per heavy atom. The minimum absolute atomic E-state index is 0.0367. The third kappa shape index (κ3) is 6.84. The van der Waals surface area contributed by atoms with Gasteiger partial charge < -0.3 is 19.1 Å². The summed E-state index contributed by atoms with van der Waals surface area (Å²) in [4.78, 5) is 8.90. The third-order valence-electron chi connectivity index (χ3n) is 13.7. The van der Waals surface area contributed by atoms with E-state index < -0.39 is 36.3 Å². The van der Waals surface area contributed by atoms with E-state index in [0.717, 1.165) is 72.5 Å². The number of hydrogen-bond donors (Lipinski definition) is 0. The van der Waals surface area contributed by atoms with Crippen LogP contribution in [0.1, 0.15) is 12.3 Å². The Morgan fingerprint density at radius 1 is 0.403 bits per heavy atom. The molecule has 0 bridgehead atoms. The second kappa shape index (κ2) is 17.1. The Morgan fingerprint density at radius 2 is 1.07 bits per heavy atom. The van der Waals surface area contributed by atoms with E-state index in [2.05, 4.69) is 105 Å². The Kier molecular flexibility index (Phi) is 7.83. The lowest BCUT2D eigenvalue weighted by molar-refractivity contribution is 0.483. The van der Waals surface area contributed by atoms with Crippen LogP contribution in [-0.2, 0) is 0 Å². The summed E-state index contributed by atoms with van der Waals surface area (Å²) in [7, 11) is 0. The summed E-state index contributed by atoms with van der Waals surface area (Å²) in [5.74, 6) is 1.93. The van der Waals surface area contributed by atoms with Crippen molar-refractivity contribution in [1.82, 2.24) is 14.1 Å². The van der Waals surface area contributed by atoms with Crippen LogP contribution in [-0.4, -0.2) is 20.8 Å². The molecule has 0 aliphatic carbocycles. The van der Waals surface area contributed by atoms with Crippen LogP contribution < -0.4 is 14.5 Å². The van der Waals surface area contributed by atoms with Gasteiger partial charge in [-0.05, 0) is 95.6 Å². The molecule has 10 aromatic carbocycles. The molecule has 14 rings (SSSR count). The van der Waals surface area contributed by atoms with Crippen molar-refractivity contribution in [1.29, 1.82) is 0 Å². The fraction of sp³-hybridized carbons (Fsp3) is 0.0152. The highest BCUT2D eigenvalue weighted by Crippen LogP contribution is 2.50. The number of pyridine rings is 1. The highest BCUT2D eigenvalue weighted by molar-refractivity contribution is 6.16. The summed E-state index contributed by atoms with van der Waals surface area (Å²) in [6.45, 7) is 0.165. The SMILES string of the molecule is [2H]c1cc(-c2cccc(-c3c([2H])c([2H])c([2H])c([2H])c3[2H])c2N2CN(c3cccc(Oc4ccc5c6cc(-c7cccc8c9ccccc9n(-c9ccccc9)c78)ccc6n(-c6ccccn6)c5c4)c3)c3ccccc32)c([2H])c([2H])c1[2H]. The number of para-hydroxylation sites is 6. The quantitative estimate of drug-likeness (QED) is 0.145. The number of aromatic nitrogens is 3. The Balaban J connectivity index is 0.867. The van der Waals surface area contributed by atoms with Gasteiger partial charge in [0.05, 0.1) is 51.5 Å². The molecule has 0 atom stereocenters. The van der Waals surface area contributed by atoms with Crippen molar-refractivity contribution in [3.63, 3.8) is 0 Å². The topological polar surface area (TPSA) is 38.5 Å². The number of ether oxygens (including phenoxy) is 1. The number of hydrogen-bond acceptors (Lipinski definition) is 4. The maximum Gasteiger partial charge on any atom is 0.137 e. The minimum Gasteiger partial charge on any atom is -0.457 e. The zero-order chi connectivity index (χ0) is 55.4. The number of fused-ring (bicyclic) bond motifs is 7. The highest BCUT2D eigenvalue weighted by atomic mass is 16.5. The maximum atomic E-state index is 9.09. The first kappa shape index (κ1) is 33.0. The molecule has 3 aromatic heterocycles. The molecule has 13 aromatic rings. The largest absolute Gasteiger partial charge is 0.457 e. The molecule has 0 saturated heterocycles. The van der Waals surface area contributed by atoms with Crippen LogP contribution >= 0.6 is 0 Å². The van der Waals surface area contributed by atoms with Gasteiger partial charge in [-0.15, -0.1) is 0 Å². The van der Waals surface area contributed by atoms with Gasteiger partial charge in [-0.25, -0.2) is 4.98 Å². The van der Waals surface area contributed by atoms with Crippen molar-refractivity contribution in [3.8, 4) is 56.4 Å². The van der Waals surface area contributed by atoms with Crippen LogP contribution in [0.15, 0.2) is 261 Å². The molecular weight excluding hydrogens is 879 g/mol. The van der Waals surface area contributed by atoms with Crippen molar-refractivity contribution < 1.29 is 17.1 Å². The molecule has 72 heavy (non-hydrogen) atoms. The molecule has 0 N–H and O–H groups in total. The molecule has 1 aliphatic rings. The van der Waals surface area contributed by atoms with Crippen molar-refractivity contribution in [2.75, 3.05) is 16.5 Å². The van der Waals surface area contributed by atoms with Crippen LogP contribution in [0.4, 0.5) is 22.7 Å². The average Bonchev–Trinajstić information content (AvgIpc) is 4.37. The van der Waals surface area contributed by atoms with E-state index in [-0.39, 0.29) is 35.9 Å². The second-order valence-electron chi connectivity index (χ2n) is 17.7. The lowest BCUT2D eigenvalue weighted by atomic mass is 9.95.